The zero-order valence-corrected chi connectivity index (χ0v) is 8.12. The van der Waals surface area contributed by atoms with E-state index in [0.29, 0.717) is 5.56 Å². The predicted molar refractivity (Wildman–Crippen MR) is 53.0 cm³/mol. The third kappa shape index (κ3) is 1.40. The van der Waals surface area contributed by atoms with Gasteiger partial charge in [0.2, 0.25) is 0 Å². The van der Waals surface area contributed by atoms with E-state index in [1.807, 2.05) is 12.1 Å². The van der Waals surface area contributed by atoms with E-state index in [4.69, 9.17) is 5.73 Å². The van der Waals surface area contributed by atoms with Crippen molar-refractivity contribution in [2.24, 2.45) is 5.73 Å². The van der Waals surface area contributed by atoms with Crippen molar-refractivity contribution in [2.75, 3.05) is 7.11 Å². The number of benzene rings is 1. The molecule has 0 saturated carbocycles. The summed E-state index contributed by atoms with van der Waals surface area (Å²) in [5.41, 5.74) is 8.84. The molecule has 14 heavy (non-hydrogen) atoms. The van der Waals surface area contributed by atoms with Crippen molar-refractivity contribution in [1.82, 2.24) is 0 Å². The number of esters is 1. The van der Waals surface area contributed by atoms with Crippen LogP contribution in [0.2, 0.25) is 0 Å². The highest BCUT2D eigenvalue weighted by Crippen LogP contribution is 2.29. The summed E-state index contributed by atoms with van der Waals surface area (Å²) in [5.74, 6) is -0.299. The highest BCUT2D eigenvalue weighted by atomic mass is 16.5. The maximum Gasteiger partial charge on any atom is 0.337 e. The maximum absolute atomic E-state index is 11.3. The van der Waals surface area contributed by atoms with E-state index in [-0.39, 0.29) is 12.0 Å². The summed E-state index contributed by atoms with van der Waals surface area (Å²) < 4.78 is 4.65. The van der Waals surface area contributed by atoms with Gasteiger partial charge in [0.15, 0.2) is 0 Å². The fraction of sp³-hybridized carbons (Fsp3) is 0.364. The molecule has 0 aromatic heterocycles. The Morgan fingerprint density at radius 2 is 2.36 bits per heavy atom. The van der Waals surface area contributed by atoms with Gasteiger partial charge in [0, 0.05) is 6.04 Å². The fourth-order valence-corrected chi connectivity index (χ4v) is 1.88. The number of nitrogens with two attached hydrogens (primary N) is 1. The van der Waals surface area contributed by atoms with Crippen molar-refractivity contribution >= 4 is 5.97 Å². The third-order valence-corrected chi connectivity index (χ3v) is 2.69. The topological polar surface area (TPSA) is 52.3 Å². The van der Waals surface area contributed by atoms with Gasteiger partial charge in [0.05, 0.1) is 12.7 Å². The first-order valence-corrected chi connectivity index (χ1v) is 4.69. The van der Waals surface area contributed by atoms with Gasteiger partial charge in [-0.3, -0.25) is 0 Å². The SMILES string of the molecule is COC(=O)c1ccc2c(c1)[C@@H](N)CC2. The van der Waals surface area contributed by atoms with Gasteiger partial charge in [-0.2, -0.15) is 0 Å². The van der Waals surface area contributed by atoms with E-state index in [1.54, 1.807) is 6.07 Å². The van der Waals surface area contributed by atoms with E-state index >= 15 is 0 Å². The molecule has 3 nitrogen and oxygen atoms in total. The molecule has 0 fully saturated rings. The number of rotatable bonds is 1. The van der Waals surface area contributed by atoms with Gasteiger partial charge in [-0.25, -0.2) is 4.79 Å². The van der Waals surface area contributed by atoms with Crippen molar-refractivity contribution in [3.05, 3.63) is 34.9 Å². The molecular formula is C11H13NO2. The first-order chi connectivity index (χ1) is 6.72. The number of carbonyl (C=O) groups excluding carboxylic acids is 1. The lowest BCUT2D eigenvalue weighted by Gasteiger charge is -2.06. The average molecular weight is 191 g/mol. The quantitative estimate of drug-likeness (QED) is 0.683. The summed E-state index contributed by atoms with van der Waals surface area (Å²) in [4.78, 5) is 11.3. The van der Waals surface area contributed by atoms with E-state index in [9.17, 15) is 4.79 Å². The van der Waals surface area contributed by atoms with Crippen LogP contribution >= 0.6 is 0 Å². The standard InChI is InChI=1S/C11H13NO2/c1-14-11(13)8-3-2-7-4-5-10(12)9(7)6-8/h2-3,6,10H,4-5,12H2,1H3/t10-/m0/s1. The van der Waals surface area contributed by atoms with Gasteiger partial charge in [0.1, 0.15) is 0 Å². The lowest BCUT2D eigenvalue weighted by atomic mass is 10.0. The van der Waals surface area contributed by atoms with Crippen molar-refractivity contribution < 1.29 is 9.53 Å². The molecular weight excluding hydrogens is 178 g/mol. The van der Waals surface area contributed by atoms with E-state index in [1.165, 1.54) is 12.7 Å². The molecule has 1 aliphatic carbocycles. The van der Waals surface area contributed by atoms with Crippen LogP contribution in [0.15, 0.2) is 18.2 Å². The fourth-order valence-electron chi connectivity index (χ4n) is 1.88. The molecule has 0 radical (unpaired) electrons. The molecule has 1 aromatic carbocycles. The first-order valence-electron chi connectivity index (χ1n) is 4.69. The van der Waals surface area contributed by atoms with Crippen LogP contribution in [0.5, 0.6) is 0 Å². The van der Waals surface area contributed by atoms with Crippen LogP contribution in [0, 0.1) is 0 Å². The highest BCUT2D eigenvalue weighted by Gasteiger charge is 2.20. The minimum atomic E-state index is -0.299. The summed E-state index contributed by atoms with van der Waals surface area (Å²) in [6.07, 6.45) is 1.98. The first kappa shape index (κ1) is 9.21. The summed E-state index contributed by atoms with van der Waals surface area (Å²) in [6.45, 7) is 0. The zero-order chi connectivity index (χ0) is 10.1. The number of fused-ring (bicyclic) bond motifs is 1. The maximum atomic E-state index is 11.3. The Labute approximate surface area is 82.9 Å². The van der Waals surface area contributed by atoms with Crippen LogP contribution < -0.4 is 5.73 Å². The average Bonchev–Trinajstić information content (AvgIpc) is 2.59. The molecule has 3 heteroatoms. The normalized spacial score (nSPS) is 19.1. The molecule has 0 heterocycles. The smallest absolute Gasteiger partial charge is 0.337 e. The number of methoxy groups -OCH3 is 1. The second kappa shape index (κ2) is 3.42. The van der Waals surface area contributed by atoms with Crippen molar-refractivity contribution in [3.63, 3.8) is 0 Å². The molecule has 0 bridgehead atoms. The van der Waals surface area contributed by atoms with Crippen LogP contribution in [0.1, 0.15) is 33.9 Å². The Bertz CT molecular complexity index is 374. The Kier molecular flexibility index (Phi) is 2.25. The van der Waals surface area contributed by atoms with Crippen LogP contribution in [-0.4, -0.2) is 13.1 Å². The molecule has 0 amide bonds. The molecule has 74 valence electrons. The van der Waals surface area contributed by atoms with Gasteiger partial charge >= 0.3 is 5.97 Å². The Hall–Kier alpha value is -1.35. The number of carbonyl (C=O) groups is 1. The number of ether oxygens (including phenoxy) is 1. The van der Waals surface area contributed by atoms with Crippen molar-refractivity contribution in [3.8, 4) is 0 Å². The molecule has 2 N–H and O–H groups in total. The minimum Gasteiger partial charge on any atom is -0.465 e. The lowest BCUT2D eigenvalue weighted by Crippen LogP contribution is -2.07. The second-order valence-electron chi connectivity index (χ2n) is 3.55. The van der Waals surface area contributed by atoms with Gasteiger partial charge in [-0.15, -0.1) is 0 Å². The second-order valence-corrected chi connectivity index (χ2v) is 3.55. The molecule has 1 aromatic rings. The Balaban J connectivity index is 2.39. The molecule has 0 unspecified atom stereocenters. The van der Waals surface area contributed by atoms with E-state index in [0.717, 1.165) is 18.4 Å². The monoisotopic (exact) mass is 191 g/mol. The lowest BCUT2D eigenvalue weighted by molar-refractivity contribution is 0.0600. The molecule has 0 saturated heterocycles. The minimum absolute atomic E-state index is 0.0783. The Morgan fingerprint density at radius 1 is 1.57 bits per heavy atom. The zero-order valence-electron chi connectivity index (χ0n) is 8.12. The van der Waals surface area contributed by atoms with Gasteiger partial charge in [-0.1, -0.05) is 6.07 Å². The largest absolute Gasteiger partial charge is 0.465 e. The summed E-state index contributed by atoms with van der Waals surface area (Å²) in [6, 6.07) is 5.69. The van der Waals surface area contributed by atoms with Gasteiger partial charge < -0.3 is 10.5 Å². The van der Waals surface area contributed by atoms with E-state index < -0.39 is 0 Å². The van der Waals surface area contributed by atoms with Crippen LogP contribution in [-0.2, 0) is 11.2 Å². The highest BCUT2D eigenvalue weighted by molar-refractivity contribution is 5.89. The number of hydrogen-bond acceptors (Lipinski definition) is 3. The molecule has 1 atom stereocenters. The molecule has 0 aliphatic heterocycles. The van der Waals surface area contributed by atoms with Crippen LogP contribution in [0.3, 0.4) is 0 Å². The number of aryl methyl sites for hydroxylation is 1. The van der Waals surface area contributed by atoms with Crippen molar-refractivity contribution in [2.45, 2.75) is 18.9 Å². The predicted octanol–water partition coefficient (Wildman–Crippen LogP) is 1.42. The number of hydrogen-bond donors (Lipinski definition) is 1. The summed E-state index contributed by atoms with van der Waals surface area (Å²) in [7, 11) is 1.38. The van der Waals surface area contributed by atoms with Crippen LogP contribution in [0.4, 0.5) is 0 Å². The molecule has 1 aliphatic rings. The molecule has 2 rings (SSSR count). The van der Waals surface area contributed by atoms with Gasteiger partial charge in [0.25, 0.3) is 0 Å². The van der Waals surface area contributed by atoms with E-state index in [2.05, 4.69) is 4.74 Å². The summed E-state index contributed by atoms with van der Waals surface area (Å²) in [5, 5.41) is 0. The van der Waals surface area contributed by atoms with Gasteiger partial charge in [-0.05, 0) is 36.1 Å². The van der Waals surface area contributed by atoms with Crippen LogP contribution in [0.25, 0.3) is 0 Å². The molecule has 0 spiro atoms. The Morgan fingerprint density at radius 3 is 3.07 bits per heavy atom. The van der Waals surface area contributed by atoms with Crippen molar-refractivity contribution in [1.29, 1.82) is 0 Å². The third-order valence-electron chi connectivity index (χ3n) is 2.69. The summed E-state index contributed by atoms with van der Waals surface area (Å²) >= 11 is 0.